The largest absolute Gasteiger partial charge is 0.497 e. The number of carbonyl (C=O) groups excluding carboxylic acids is 1. The van der Waals surface area contributed by atoms with Gasteiger partial charge in [-0.3, -0.25) is 15.1 Å². The molecule has 0 aromatic heterocycles. The van der Waals surface area contributed by atoms with Crippen LogP contribution in [0.5, 0.6) is 5.75 Å². The van der Waals surface area contributed by atoms with Crippen LogP contribution in [0, 0.1) is 0 Å². The summed E-state index contributed by atoms with van der Waals surface area (Å²) in [5.74, 6) is 1.86. The number of carbonyl (C=O) groups is 1. The minimum atomic E-state index is -0.403. The van der Waals surface area contributed by atoms with Crippen molar-refractivity contribution in [3.8, 4) is 5.75 Å². The maximum Gasteiger partial charge on any atom is 0.173 e. The summed E-state index contributed by atoms with van der Waals surface area (Å²) in [5, 5.41) is 4.54. The van der Waals surface area contributed by atoms with E-state index in [1.807, 2.05) is 18.2 Å². The Labute approximate surface area is 190 Å². The number of nitrogens with zero attached hydrogens (tertiary/aromatic N) is 4. The van der Waals surface area contributed by atoms with E-state index in [9.17, 15) is 4.79 Å². The van der Waals surface area contributed by atoms with E-state index in [-0.39, 0.29) is 6.04 Å². The van der Waals surface area contributed by atoms with E-state index >= 15 is 0 Å². The number of anilines is 1. The first-order valence-corrected chi connectivity index (χ1v) is 11.5. The van der Waals surface area contributed by atoms with Gasteiger partial charge in [-0.05, 0) is 24.1 Å². The highest BCUT2D eigenvalue weighted by molar-refractivity contribution is 5.87. The third-order valence-corrected chi connectivity index (χ3v) is 6.40. The van der Waals surface area contributed by atoms with Gasteiger partial charge in [0.05, 0.1) is 13.2 Å². The summed E-state index contributed by atoms with van der Waals surface area (Å²) in [5.41, 5.74) is 5.45. The minimum absolute atomic E-state index is 0.130. The number of benzene rings is 2. The summed E-state index contributed by atoms with van der Waals surface area (Å²) < 4.78 is 5.37. The fourth-order valence-corrected chi connectivity index (χ4v) is 4.64. The second-order valence-electron chi connectivity index (χ2n) is 8.26. The molecule has 1 saturated heterocycles. The van der Waals surface area contributed by atoms with Gasteiger partial charge >= 0.3 is 0 Å². The lowest BCUT2D eigenvalue weighted by atomic mass is 10.0. The van der Waals surface area contributed by atoms with Crippen LogP contribution in [0.2, 0.25) is 0 Å². The molecule has 2 unspecified atom stereocenters. The molecule has 2 aromatic carbocycles. The van der Waals surface area contributed by atoms with E-state index < -0.39 is 6.17 Å². The normalized spacial score (nSPS) is 19.9. The molecule has 170 valence electrons. The van der Waals surface area contributed by atoms with Gasteiger partial charge in [0.2, 0.25) is 0 Å². The molecule has 7 heteroatoms. The highest BCUT2D eigenvalue weighted by Gasteiger charge is 2.33. The Hall–Kier alpha value is -3.06. The molecule has 1 N–H and O–H groups in total. The number of hydrazone groups is 1. The van der Waals surface area contributed by atoms with Crippen molar-refractivity contribution in [2.24, 2.45) is 5.10 Å². The molecule has 0 radical (unpaired) electrons. The molecule has 2 aromatic rings. The van der Waals surface area contributed by atoms with E-state index in [0.717, 1.165) is 63.4 Å². The molecule has 0 saturated carbocycles. The van der Waals surface area contributed by atoms with Crippen molar-refractivity contribution in [2.45, 2.75) is 32.0 Å². The Morgan fingerprint density at radius 3 is 2.59 bits per heavy atom. The van der Waals surface area contributed by atoms with Gasteiger partial charge in [-0.2, -0.15) is 5.10 Å². The van der Waals surface area contributed by atoms with Crippen LogP contribution in [0.4, 0.5) is 5.69 Å². The molecule has 1 fully saturated rings. The van der Waals surface area contributed by atoms with Crippen LogP contribution in [0.3, 0.4) is 0 Å². The summed E-state index contributed by atoms with van der Waals surface area (Å²) in [6.07, 6.45) is 2.28. The fraction of sp³-hybridized carbons (Fsp3) is 0.440. The Kier molecular flexibility index (Phi) is 7.27. The van der Waals surface area contributed by atoms with Crippen LogP contribution >= 0.6 is 0 Å². The van der Waals surface area contributed by atoms with Crippen molar-refractivity contribution < 1.29 is 9.53 Å². The number of nitrogens with one attached hydrogen (secondary N) is 1. The zero-order chi connectivity index (χ0) is 22.3. The summed E-state index contributed by atoms with van der Waals surface area (Å²) in [6, 6.07) is 18.8. The first-order valence-electron chi connectivity index (χ1n) is 11.5. The highest BCUT2D eigenvalue weighted by Crippen LogP contribution is 2.29. The molecule has 2 atom stereocenters. The predicted molar refractivity (Wildman–Crippen MR) is 128 cm³/mol. The van der Waals surface area contributed by atoms with Crippen LogP contribution in [0.1, 0.15) is 31.4 Å². The van der Waals surface area contributed by atoms with E-state index in [1.54, 1.807) is 7.11 Å². The molecule has 0 aliphatic carbocycles. The van der Waals surface area contributed by atoms with Crippen LogP contribution in [-0.2, 0) is 4.79 Å². The van der Waals surface area contributed by atoms with Crippen molar-refractivity contribution >= 4 is 17.8 Å². The number of hydrogen-bond donors (Lipinski definition) is 1. The molecule has 2 aliphatic rings. The van der Waals surface area contributed by atoms with E-state index in [0.29, 0.717) is 0 Å². The number of amidine groups is 1. The first kappa shape index (κ1) is 22.1. The maximum atomic E-state index is 11.7. The van der Waals surface area contributed by atoms with Gasteiger partial charge in [-0.1, -0.05) is 43.3 Å². The van der Waals surface area contributed by atoms with Crippen molar-refractivity contribution in [3.63, 3.8) is 0 Å². The van der Waals surface area contributed by atoms with Gasteiger partial charge in [-0.25, -0.2) is 0 Å². The second-order valence-corrected chi connectivity index (χ2v) is 8.26. The number of piperazine rings is 1. The predicted octanol–water partition coefficient (Wildman–Crippen LogP) is 3.10. The summed E-state index contributed by atoms with van der Waals surface area (Å²) >= 11 is 0. The molecule has 0 bridgehead atoms. The minimum Gasteiger partial charge on any atom is -0.497 e. The van der Waals surface area contributed by atoms with Gasteiger partial charge in [0.15, 0.2) is 12.5 Å². The van der Waals surface area contributed by atoms with Crippen molar-refractivity contribution in [3.05, 3.63) is 60.2 Å². The standard InChI is InChI=1S/C25H33N5O2/c1-3-23(20-8-5-4-6-9-20)30-24(26-27-25(30)19-31)12-13-28-14-16-29(17-15-28)21-10-7-11-22(18-21)32-2/h4-11,18-19,23,25,27H,3,12-17H2,1-2H3. The Morgan fingerprint density at radius 2 is 1.91 bits per heavy atom. The Morgan fingerprint density at radius 1 is 1.12 bits per heavy atom. The maximum absolute atomic E-state index is 11.7. The molecular formula is C25H33N5O2. The average molecular weight is 436 g/mol. The molecule has 32 heavy (non-hydrogen) atoms. The van der Waals surface area contributed by atoms with Crippen LogP contribution in [0.25, 0.3) is 0 Å². The first-order chi connectivity index (χ1) is 15.7. The zero-order valence-electron chi connectivity index (χ0n) is 19.0. The summed E-state index contributed by atoms with van der Waals surface area (Å²) in [6.45, 7) is 7.07. The number of aldehydes is 1. The van der Waals surface area contributed by atoms with Gasteiger partial charge in [-0.15, -0.1) is 0 Å². The highest BCUT2D eigenvalue weighted by atomic mass is 16.5. The molecule has 2 aliphatic heterocycles. The van der Waals surface area contributed by atoms with Crippen LogP contribution in [0.15, 0.2) is 59.7 Å². The van der Waals surface area contributed by atoms with E-state index in [2.05, 4.69) is 68.5 Å². The monoisotopic (exact) mass is 435 g/mol. The Balaban J connectivity index is 1.35. The third kappa shape index (κ3) is 4.88. The zero-order valence-corrected chi connectivity index (χ0v) is 19.0. The smallest absolute Gasteiger partial charge is 0.173 e. The molecule has 0 spiro atoms. The van der Waals surface area contributed by atoms with E-state index in [1.165, 1.54) is 11.3 Å². The van der Waals surface area contributed by atoms with E-state index in [4.69, 9.17) is 4.74 Å². The number of ether oxygens (including phenoxy) is 1. The lowest BCUT2D eigenvalue weighted by Gasteiger charge is -2.37. The lowest BCUT2D eigenvalue weighted by molar-refractivity contribution is -0.112. The van der Waals surface area contributed by atoms with Gasteiger partial charge in [0.25, 0.3) is 0 Å². The number of hydrogen-bond acceptors (Lipinski definition) is 7. The Bertz CT molecular complexity index is 912. The molecular weight excluding hydrogens is 402 g/mol. The van der Waals surface area contributed by atoms with Crippen molar-refractivity contribution in [1.82, 2.24) is 15.2 Å². The SMILES string of the molecule is CCC(c1ccccc1)N1C(CCN2CCN(c3cccc(OC)c3)CC2)=NNC1C=O. The van der Waals surface area contributed by atoms with Crippen LogP contribution in [-0.4, -0.2) is 67.9 Å². The molecule has 0 amide bonds. The molecule has 2 heterocycles. The van der Waals surface area contributed by atoms with Gasteiger partial charge in [0, 0.05) is 50.9 Å². The topological polar surface area (TPSA) is 60.4 Å². The van der Waals surface area contributed by atoms with Gasteiger partial charge in [0.1, 0.15) is 11.6 Å². The van der Waals surface area contributed by atoms with Crippen LogP contribution < -0.4 is 15.1 Å². The number of rotatable bonds is 9. The summed E-state index contributed by atoms with van der Waals surface area (Å²) in [7, 11) is 1.71. The lowest BCUT2D eigenvalue weighted by Crippen LogP contribution is -2.48. The second kappa shape index (κ2) is 10.5. The number of methoxy groups -OCH3 is 1. The fourth-order valence-electron chi connectivity index (χ4n) is 4.64. The molecule has 4 rings (SSSR count). The summed E-state index contributed by atoms with van der Waals surface area (Å²) in [4.78, 5) is 18.8. The van der Waals surface area contributed by atoms with Crippen molar-refractivity contribution in [1.29, 1.82) is 0 Å². The van der Waals surface area contributed by atoms with Crippen molar-refractivity contribution in [2.75, 3.05) is 44.7 Å². The average Bonchev–Trinajstić information content (AvgIpc) is 3.27. The quantitative estimate of drug-likeness (QED) is 0.611. The third-order valence-electron chi connectivity index (χ3n) is 6.40. The molecule has 7 nitrogen and oxygen atoms in total. The van der Waals surface area contributed by atoms with Gasteiger partial charge < -0.3 is 14.5 Å².